The molecule has 34 heavy (non-hydrogen) atoms. The molecule has 0 atom stereocenters. The molecule has 6 heteroatoms. The van der Waals surface area contributed by atoms with E-state index in [0.717, 1.165) is 24.0 Å². The van der Waals surface area contributed by atoms with Crippen molar-refractivity contribution in [1.29, 1.82) is 0 Å². The van der Waals surface area contributed by atoms with E-state index in [-0.39, 0.29) is 13.2 Å². The molecule has 3 rings (SSSR count). The molecular weight excluding hydrogens is 432 g/mol. The summed E-state index contributed by atoms with van der Waals surface area (Å²) in [7, 11) is 0. The van der Waals surface area contributed by atoms with E-state index >= 15 is 0 Å². The van der Waals surface area contributed by atoms with Gasteiger partial charge in [0.05, 0.1) is 13.2 Å². The first-order chi connectivity index (χ1) is 16.2. The van der Waals surface area contributed by atoms with Gasteiger partial charge in [0.25, 0.3) is 0 Å². The lowest BCUT2D eigenvalue weighted by Gasteiger charge is -2.17. The molecule has 0 aliphatic rings. The summed E-state index contributed by atoms with van der Waals surface area (Å²) in [6.07, 6.45) is -0.0135. The second-order valence-corrected chi connectivity index (χ2v) is 9.52. The number of carbonyl (C=O) groups excluding carboxylic acids is 2. The second-order valence-electron chi connectivity index (χ2n) is 9.52. The maximum Gasteiger partial charge on any atom is 0.513 e. The Morgan fingerprint density at radius 1 is 0.647 bits per heavy atom. The number of hydrogen-bond acceptors (Lipinski definition) is 6. The van der Waals surface area contributed by atoms with Crippen molar-refractivity contribution in [3.63, 3.8) is 0 Å². The molecule has 0 heterocycles. The Kier molecular flexibility index (Phi) is 8.37. The maximum atomic E-state index is 12.5. The molecule has 0 saturated heterocycles. The summed E-state index contributed by atoms with van der Waals surface area (Å²) in [5, 5.41) is 2.60. The van der Waals surface area contributed by atoms with Crippen LogP contribution in [-0.4, -0.2) is 25.5 Å². The minimum absolute atomic E-state index is 0.286. The average Bonchev–Trinajstić information content (AvgIpc) is 2.75. The molecule has 0 radical (unpaired) electrons. The highest BCUT2D eigenvalue weighted by Gasteiger charge is 2.22. The zero-order valence-electron chi connectivity index (χ0n) is 20.9. The lowest BCUT2D eigenvalue weighted by molar-refractivity contribution is 0.0940. The fourth-order valence-electron chi connectivity index (χ4n) is 3.58. The van der Waals surface area contributed by atoms with E-state index in [1.807, 2.05) is 50.2 Å². The molecule has 0 saturated carbocycles. The van der Waals surface area contributed by atoms with Crippen molar-refractivity contribution in [2.45, 2.75) is 54.4 Å². The van der Waals surface area contributed by atoms with Gasteiger partial charge in [0, 0.05) is 21.5 Å². The van der Waals surface area contributed by atoms with Gasteiger partial charge in [-0.15, -0.1) is 0 Å². The van der Waals surface area contributed by atoms with Crippen LogP contribution in [0.15, 0.2) is 36.4 Å². The van der Waals surface area contributed by atoms with Crippen LogP contribution < -0.4 is 9.47 Å². The molecule has 182 valence electrons. The number of carbonyl (C=O) groups is 2. The molecule has 0 aliphatic carbocycles. The van der Waals surface area contributed by atoms with Gasteiger partial charge >= 0.3 is 12.3 Å². The minimum Gasteiger partial charge on any atom is -0.434 e. The molecule has 0 unspecified atom stereocenters. The van der Waals surface area contributed by atoms with Gasteiger partial charge in [0.1, 0.15) is 11.5 Å². The van der Waals surface area contributed by atoms with Crippen LogP contribution in [0.2, 0.25) is 0 Å². The van der Waals surface area contributed by atoms with Gasteiger partial charge in [-0.2, -0.15) is 0 Å². The Labute approximate surface area is 201 Å². The van der Waals surface area contributed by atoms with Crippen molar-refractivity contribution in [2.24, 2.45) is 11.8 Å². The quantitative estimate of drug-likeness (QED) is 0.192. The van der Waals surface area contributed by atoms with Crippen LogP contribution in [-0.2, 0) is 9.47 Å². The van der Waals surface area contributed by atoms with E-state index in [1.54, 1.807) is 0 Å². The molecule has 3 aromatic carbocycles. The van der Waals surface area contributed by atoms with Crippen molar-refractivity contribution in [2.75, 3.05) is 13.2 Å². The van der Waals surface area contributed by atoms with Gasteiger partial charge in [-0.05, 0) is 50.7 Å². The number of fused-ring (bicyclic) bond motifs is 2. The number of ether oxygens (including phenoxy) is 4. The molecule has 0 N–H and O–H groups in total. The van der Waals surface area contributed by atoms with Gasteiger partial charge in [-0.1, -0.05) is 63.1 Å². The van der Waals surface area contributed by atoms with Gasteiger partial charge in [0.2, 0.25) is 0 Å². The summed E-state index contributed by atoms with van der Waals surface area (Å²) < 4.78 is 22.1. The van der Waals surface area contributed by atoms with Gasteiger partial charge in [-0.3, -0.25) is 0 Å². The van der Waals surface area contributed by atoms with E-state index in [4.69, 9.17) is 18.9 Å². The molecule has 0 spiro atoms. The van der Waals surface area contributed by atoms with Crippen LogP contribution in [0.3, 0.4) is 0 Å². The smallest absolute Gasteiger partial charge is 0.434 e. The first-order valence-electron chi connectivity index (χ1n) is 11.8. The lowest BCUT2D eigenvalue weighted by Crippen LogP contribution is -2.14. The normalized spacial score (nSPS) is 11.3. The molecule has 0 amide bonds. The zero-order chi connectivity index (χ0) is 24.8. The van der Waals surface area contributed by atoms with Crippen LogP contribution in [0.1, 0.15) is 51.7 Å². The standard InChI is InChI=1S/C28H34O6/c1-17(2)11-13-31-27(29)33-25-21-9-7-19(5)15-23(21)26(24-16-20(6)8-10-22(24)25)34-28(30)32-14-12-18(3)4/h7-10,15-18H,11-14H2,1-6H3. The first-order valence-corrected chi connectivity index (χ1v) is 11.8. The molecule has 0 aromatic heterocycles. The van der Waals surface area contributed by atoms with Crippen LogP contribution in [0.25, 0.3) is 21.5 Å². The van der Waals surface area contributed by atoms with E-state index in [9.17, 15) is 9.59 Å². The third kappa shape index (κ3) is 6.40. The highest BCUT2D eigenvalue weighted by atomic mass is 16.7. The molecule has 0 fully saturated rings. The summed E-state index contributed by atoms with van der Waals surface area (Å²) in [6, 6.07) is 11.4. The first kappa shape index (κ1) is 25.3. The lowest BCUT2D eigenvalue weighted by atomic mass is 9.98. The monoisotopic (exact) mass is 466 g/mol. The summed E-state index contributed by atoms with van der Waals surface area (Å²) in [5.41, 5.74) is 1.95. The Morgan fingerprint density at radius 3 is 1.41 bits per heavy atom. The molecule has 6 nitrogen and oxygen atoms in total. The van der Waals surface area contributed by atoms with Crippen molar-refractivity contribution in [3.8, 4) is 11.5 Å². The van der Waals surface area contributed by atoms with Gasteiger partial charge in [-0.25, -0.2) is 9.59 Å². The SMILES string of the molecule is Cc1ccc2c(OC(=O)OCCC(C)C)c3ccc(C)cc3c(OC(=O)OCCC(C)C)c2c1. The Morgan fingerprint density at radius 2 is 1.03 bits per heavy atom. The number of benzene rings is 3. The largest absolute Gasteiger partial charge is 0.513 e. The van der Waals surface area contributed by atoms with Crippen molar-refractivity contribution >= 4 is 33.9 Å². The summed E-state index contributed by atoms with van der Waals surface area (Å²) >= 11 is 0. The van der Waals surface area contributed by atoms with Crippen molar-refractivity contribution in [1.82, 2.24) is 0 Å². The molecule has 0 aliphatic heterocycles. The fourth-order valence-corrected chi connectivity index (χ4v) is 3.58. The predicted octanol–water partition coefficient (Wildman–Crippen LogP) is 7.73. The summed E-state index contributed by atoms with van der Waals surface area (Å²) in [4.78, 5) is 25.0. The van der Waals surface area contributed by atoms with Crippen LogP contribution in [0, 0.1) is 25.7 Å². The third-order valence-electron chi connectivity index (χ3n) is 5.53. The number of aryl methyl sites for hydroxylation is 2. The highest BCUT2D eigenvalue weighted by molar-refractivity contribution is 6.12. The van der Waals surface area contributed by atoms with Crippen LogP contribution in [0.5, 0.6) is 11.5 Å². The molecular formula is C28H34O6. The van der Waals surface area contributed by atoms with E-state index in [0.29, 0.717) is 44.9 Å². The highest BCUT2D eigenvalue weighted by Crippen LogP contribution is 2.43. The number of hydrogen-bond donors (Lipinski definition) is 0. The fraction of sp³-hybridized carbons (Fsp3) is 0.429. The number of rotatable bonds is 8. The maximum absolute atomic E-state index is 12.5. The summed E-state index contributed by atoms with van der Waals surface area (Å²) in [6.45, 7) is 12.7. The zero-order valence-corrected chi connectivity index (χ0v) is 20.9. The van der Waals surface area contributed by atoms with Crippen LogP contribution >= 0.6 is 0 Å². The van der Waals surface area contributed by atoms with E-state index in [1.165, 1.54) is 0 Å². The molecule has 3 aromatic rings. The van der Waals surface area contributed by atoms with E-state index in [2.05, 4.69) is 27.7 Å². The third-order valence-corrected chi connectivity index (χ3v) is 5.53. The second kappa shape index (κ2) is 11.2. The van der Waals surface area contributed by atoms with Gasteiger partial charge < -0.3 is 18.9 Å². The van der Waals surface area contributed by atoms with Gasteiger partial charge in [0.15, 0.2) is 0 Å². The average molecular weight is 467 g/mol. The minimum atomic E-state index is -0.758. The van der Waals surface area contributed by atoms with Crippen LogP contribution in [0.4, 0.5) is 9.59 Å². The Bertz CT molecular complexity index is 1120. The van der Waals surface area contributed by atoms with E-state index < -0.39 is 12.3 Å². The predicted molar refractivity (Wildman–Crippen MR) is 134 cm³/mol. The van der Waals surface area contributed by atoms with Crippen molar-refractivity contribution < 1.29 is 28.5 Å². The topological polar surface area (TPSA) is 71.1 Å². The van der Waals surface area contributed by atoms with Crippen molar-refractivity contribution in [3.05, 3.63) is 47.5 Å². The summed E-state index contributed by atoms with van der Waals surface area (Å²) in [5.74, 6) is 1.58. The molecule has 0 bridgehead atoms. The Hall–Kier alpha value is -3.28. The Balaban J connectivity index is 2.05.